The summed E-state index contributed by atoms with van der Waals surface area (Å²) in [6.07, 6.45) is 6.12. The van der Waals surface area contributed by atoms with Crippen LogP contribution in [0.2, 0.25) is 0 Å². The lowest BCUT2D eigenvalue weighted by molar-refractivity contribution is 0.345. The highest BCUT2D eigenvalue weighted by molar-refractivity contribution is 6.33. The minimum absolute atomic E-state index is 0.679. The zero-order chi connectivity index (χ0) is 11.4. The SMILES string of the molecule is [SiH3]c1cc2c3c(c[nH]c3c1)C[C@H]1NCCCC21. The van der Waals surface area contributed by atoms with Gasteiger partial charge in [0.15, 0.2) is 0 Å². The Bertz CT molecular complexity index is 587. The third-order valence-electron chi connectivity index (χ3n) is 4.46. The van der Waals surface area contributed by atoms with E-state index in [1.165, 1.54) is 47.5 Å². The van der Waals surface area contributed by atoms with Crippen LogP contribution in [0.1, 0.15) is 29.9 Å². The number of aromatic nitrogens is 1. The summed E-state index contributed by atoms with van der Waals surface area (Å²) in [4.78, 5) is 3.46. The summed E-state index contributed by atoms with van der Waals surface area (Å²) in [5.74, 6) is 0.753. The highest BCUT2D eigenvalue weighted by Gasteiger charge is 2.32. The molecular weight excluding hydrogens is 224 g/mol. The lowest BCUT2D eigenvalue weighted by Gasteiger charge is -2.36. The summed E-state index contributed by atoms with van der Waals surface area (Å²) >= 11 is 0. The van der Waals surface area contributed by atoms with Gasteiger partial charge in [0.05, 0.1) is 0 Å². The molecule has 1 aliphatic heterocycles. The van der Waals surface area contributed by atoms with Gasteiger partial charge >= 0.3 is 0 Å². The molecule has 1 unspecified atom stereocenters. The quantitative estimate of drug-likeness (QED) is 0.649. The predicted octanol–water partition coefficient (Wildman–Crippen LogP) is 0.550. The Morgan fingerprint density at radius 1 is 1.29 bits per heavy atom. The van der Waals surface area contributed by atoms with E-state index < -0.39 is 0 Å². The number of aromatic amines is 1. The van der Waals surface area contributed by atoms with Gasteiger partial charge in [-0.25, -0.2) is 0 Å². The molecule has 1 aromatic heterocycles. The van der Waals surface area contributed by atoms with Gasteiger partial charge in [-0.2, -0.15) is 0 Å². The van der Waals surface area contributed by atoms with E-state index in [9.17, 15) is 0 Å². The third-order valence-corrected chi connectivity index (χ3v) is 5.04. The van der Waals surface area contributed by atoms with E-state index in [0.717, 1.165) is 16.2 Å². The predicted molar refractivity (Wildman–Crippen MR) is 75.3 cm³/mol. The summed E-state index contributed by atoms with van der Waals surface area (Å²) < 4.78 is 0. The van der Waals surface area contributed by atoms with Gasteiger partial charge in [-0.05, 0) is 43.0 Å². The molecule has 1 saturated heterocycles. The van der Waals surface area contributed by atoms with Crippen molar-refractivity contribution in [1.29, 1.82) is 0 Å². The van der Waals surface area contributed by atoms with E-state index in [-0.39, 0.29) is 0 Å². The molecule has 0 saturated carbocycles. The monoisotopic (exact) mass is 242 g/mol. The van der Waals surface area contributed by atoms with Crippen LogP contribution in [0.5, 0.6) is 0 Å². The van der Waals surface area contributed by atoms with E-state index in [2.05, 4.69) is 28.6 Å². The van der Waals surface area contributed by atoms with Crippen LogP contribution >= 0.6 is 0 Å². The van der Waals surface area contributed by atoms with Crippen molar-refractivity contribution in [2.75, 3.05) is 6.54 Å². The molecule has 2 aromatic rings. The van der Waals surface area contributed by atoms with Gasteiger partial charge in [0, 0.05) is 39.3 Å². The molecule has 4 rings (SSSR count). The zero-order valence-electron chi connectivity index (χ0n) is 10.2. The first kappa shape index (κ1) is 9.92. The van der Waals surface area contributed by atoms with Crippen molar-refractivity contribution in [2.24, 2.45) is 0 Å². The summed E-state index contributed by atoms with van der Waals surface area (Å²) in [5, 5.41) is 6.77. The molecule has 2 nitrogen and oxygen atoms in total. The van der Waals surface area contributed by atoms with Gasteiger partial charge in [0.2, 0.25) is 0 Å². The molecule has 2 aliphatic rings. The van der Waals surface area contributed by atoms with Crippen molar-refractivity contribution in [3.05, 3.63) is 29.5 Å². The molecule has 17 heavy (non-hydrogen) atoms. The molecule has 3 heteroatoms. The second-order valence-corrected chi connectivity index (χ2v) is 6.76. The summed E-state index contributed by atoms with van der Waals surface area (Å²) in [6.45, 7) is 1.20. The van der Waals surface area contributed by atoms with Gasteiger partial charge in [-0.3, -0.25) is 0 Å². The average molecular weight is 242 g/mol. The van der Waals surface area contributed by atoms with E-state index in [0.29, 0.717) is 6.04 Å². The normalized spacial score (nSPS) is 27.3. The number of nitrogens with one attached hydrogen (secondary N) is 2. The molecule has 0 spiro atoms. The van der Waals surface area contributed by atoms with Gasteiger partial charge in [-0.1, -0.05) is 11.3 Å². The Morgan fingerprint density at radius 2 is 2.24 bits per heavy atom. The molecule has 0 bridgehead atoms. The van der Waals surface area contributed by atoms with E-state index in [1.54, 1.807) is 5.56 Å². The van der Waals surface area contributed by atoms with Crippen LogP contribution < -0.4 is 10.5 Å². The number of hydrogen-bond donors (Lipinski definition) is 2. The first-order chi connectivity index (χ1) is 8.33. The molecule has 2 N–H and O–H groups in total. The molecule has 0 radical (unpaired) electrons. The fraction of sp³-hybridized carbons (Fsp3) is 0.429. The van der Waals surface area contributed by atoms with E-state index in [1.807, 2.05) is 0 Å². The molecule has 1 aliphatic carbocycles. The molecule has 2 heterocycles. The van der Waals surface area contributed by atoms with E-state index in [4.69, 9.17) is 0 Å². The Hall–Kier alpha value is -1.06. The van der Waals surface area contributed by atoms with Gasteiger partial charge < -0.3 is 10.3 Å². The molecule has 0 amide bonds. The highest BCUT2D eigenvalue weighted by atomic mass is 28.1. The smallest absolute Gasteiger partial charge is 0.0458 e. The largest absolute Gasteiger partial charge is 0.361 e. The maximum absolute atomic E-state index is 3.71. The van der Waals surface area contributed by atoms with Crippen molar-refractivity contribution in [3.63, 3.8) is 0 Å². The Balaban J connectivity index is 1.99. The van der Waals surface area contributed by atoms with Crippen molar-refractivity contribution in [1.82, 2.24) is 10.3 Å². The zero-order valence-corrected chi connectivity index (χ0v) is 12.2. The molecule has 88 valence electrons. The second kappa shape index (κ2) is 3.46. The molecular formula is C14H18N2Si. The number of rotatable bonds is 0. The Kier molecular flexibility index (Phi) is 2.02. The average Bonchev–Trinajstić information content (AvgIpc) is 2.73. The first-order valence-electron chi connectivity index (χ1n) is 6.67. The minimum Gasteiger partial charge on any atom is -0.361 e. The Labute approximate surface area is 104 Å². The van der Waals surface area contributed by atoms with Crippen molar-refractivity contribution < 1.29 is 0 Å². The maximum atomic E-state index is 3.71. The van der Waals surface area contributed by atoms with Crippen LogP contribution in [0, 0.1) is 0 Å². The van der Waals surface area contributed by atoms with Crippen LogP contribution in [0.4, 0.5) is 0 Å². The van der Waals surface area contributed by atoms with Crippen molar-refractivity contribution >= 4 is 26.3 Å². The number of benzene rings is 1. The van der Waals surface area contributed by atoms with Crippen LogP contribution in [0.25, 0.3) is 10.9 Å². The van der Waals surface area contributed by atoms with Crippen LogP contribution in [0.15, 0.2) is 18.3 Å². The maximum Gasteiger partial charge on any atom is 0.0458 e. The fourth-order valence-corrected chi connectivity index (χ4v) is 4.35. The van der Waals surface area contributed by atoms with Gasteiger partial charge in [0.1, 0.15) is 0 Å². The number of hydrogen-bond acceptors (Lipinski definition) is 1. The third kappa shape index (κ3) is 1.36. The standard InChI is InChI=1S/C14H18N2Si/c17-9-5-11-10-2-1-3-15-12(10)4-8-7-16-13(6-9)14(8)11/h5-7,10,12,15-16H,1-4H2,17H3/t10?,12-/m1/s1. The molecule has 1 fully saturated rings. The lowest BCUT2D eigenvalue weighted by Crippen LogP contribution is -2.43. The van der Waals surface area contributed by atoms with Gasteiger partial charge in [-0.15, -0.1) is 0 Å². The summed E-state index contributed by atoms with van der Waals surface area (Å²) in [7, 11) is 1.15. The number of H-pyrrole nitrogens is 1. The topological polar surface area (TPSA) is 27.8 Å². The molecule has 1 aromatic carbocycles. The number of fused-ring (bicyclic) bond motifs is 2. The molecule has 2 atom stereocenters. The van der Waals surface area contributed by atoms with Crippen molar-refractivity contribution in [3.8, 4) is 0 Å². The van der Waals surface area contributed by atoms with E-state index >= 15 is 0 Å². The lowest BCUT2D eigenvalue weighted by atomic mass is 9.76. The first-order valence-corrected chi connectivity index (χ1v) is 7.67. The summed E-state index contributed by atoms with van der Waals surface area (Å²) in [5.41, 5.74) is 4.51. The van der Waals surface area contributed by atoms with Gasteiger partial charge in [0.25, 0.3) is 0 Å². The Morgan fingerprint density at radius 3 is 3.18 bits per heavy atom. The minimum atomic E-state index is 0.679. The highest BCUT2D eigenvalue weighted by Crippen LogP contribution is 2.39. The number of piperidine rings is 1. The summed E-state index contributed by atoms with van der Waals surface area (Å²) in [6, 6.07) is 5.49. The second-order valence-electron chi connectivity index (χ2n) is 5.60. The fourth-order valence-electron chi connectivity index (χ4n) is 3.75. The van der Waals surface area contributed by atoms with Crippen LogP contribution in [0.3, 0.4) is 0 Å². The van der Waals surface area contributed by atoms with Crippen molar-refractivity contribution in [2.45, 2.75) is 31.2 Å². The van der Waals surface area contributed by atoms with Crippen LogP contribution in [-0.2, 0) is 6.42 Å². The van der Waals surface area contributed by atoms with Crippen LogP contribution in [-0.4, -0.2) is 27.8 Å².